The summed E-state index contributed by atoms with van der Waals surface area (Å²) in [7, 11) is 3.88. The number of nitrogens with one attached hydrogen (secondary N) is 1. The van der Waals surface area contributed by atoms with Crippen molar-refractivity contribution < 1.29 is 4.79 Å². The molecule has 1 amide bonds. The third-order valence-electron chi connectivity index (χ3n) is 2.90. The lowest BCUT2D eigenvalue weighted by molar-refractivity contribution is -0.116. The fraction of sp³-hybridized carbons (Fsp3) is 0.533. The Kier molecular flexibility index (Phi) is 6.16. The summed E-state index contributed by atoms with van der Waals surface area (Å²) in [5.41, 5.74) is 1.73. The van der Waals surface area contributed by atoms with Gasteiger partial charge < -0.3 is 10.2 Å². The fourth-order valence-corrected chi connectivity index (χ4v) is 2.05. The van der Waals surface area contributed by atoms with E-state index in [1.54, 1.807) is 6.07 Å². The molecule has 1 N–H and O–H groups in total. The molecule has 3 nitrogen and oxygen atoms in total. The lowest BCUT2D eigenvalue weighted by atomic mass is 10.1. The highest BCUT2D eigenvalue weighted by Gasteiger charge is 2.09. The first-order valence-electron chi connectivity index (χ1n) is 6.67. The minimum Gasteiger partial charge on any atom is -0.376 e. The quantitative estimate of drug-likeness (QED) is 0.849. The number of carbonyl (C=O) groups is 1. The second-order valence-corrected chi connectivity index (χ2v) is 5.83. The smallest absolute Gasteiger partial charge is 0.224 e. The molecule has 0 atom stereocenters. The van der Waals surface area contributed by atoms with E-state index in [4.69, 9.17) is 11.6 Å². The molecular formula is C15H23ClN2O. The predicted octanol–water partition coefficient (Wildman–Crippen LogP) is 4.17. The van der Waals surface area contributed by atoms with Gasteiger partial charge in [-0.1, -0.05) is 31.9 Å². The highest BCUT2D eigenvalue weighted by Crippen LogP contribution is 2.28. The monoisotopic (exact) mass is 282 g/mol. The highest BCUT2D eigenvalue weighted by atomic mass is 35.5. The van der Waals surface area contributed by atoms with Crippen molar-refractivity contribution in [1.82, 2.24) is 0 Å². The van der Waals surface area contributed by atoms with Crippen LogP contribution in [0.1, 0.15) is 33.1 Å². The Bertz CT molecular complexity index is 430. The lowest BCUT2D eigenvalue weighted by Crippen LogP contribution is -2.16. The van der Waals surface area contributed by atoms with Crippen molar-refractivity contribution >= 4 is 28.9 Å². The SMILES string of the molecule is CC(C)CCCC(=O)Nc1cc(Cl)ccc1N(C)C. The fourth-order valence-electron chi connectivity index (χ4n) is 1.88. The molecule has 0 bridgehead atoms. The number of rotatable bonds is 6. The van der Waals surface area contributed by atoms with Crippen molar-refractivity contribution in [3.05, 3.63) is 23.2 Å². The summed E-state index contributed by atoms with van der Waals surface area (Å²) in [6.07, 6.45) is 2.54. The van der Waals surface area contributed by atoms with Gasteiger partial charge >= 0.3 is 0 Å². The van der Waals surface area contributed by atoms with Crippen molar-refractivity contribution in [2.24, 2.45) is 5.92 Å². The zero-order valence-corrected chi connectivity index (χ0v) is 12.9. The molecule has 0 heterocycles. The third kappa shape index (κ3) is 5.52. The summed E-state index contributed by atoms with van der Waals surface area (Å²) in [4.78, 5) is 13.9. The zero-order valence-electron chi connectivity index (χ0n) is 12.2. The van der Waals surface area contributed by atoms with Gasteiger partial charge in [-0.15, -0.1) is 0 Å². The van der Waals surface area contributed by atoms with E-state index >= 15 is 0 Å². The standard InChI is InChI=1S/C15H23ClN2O/c1-11(2)6-5-7-15(19)17-13-10-12(16)8-9-14(13)18(3)4/h8-11H,5-7H2,1-4H3,(H,17,19). The van der Waals surface area contributed by atoms with Crippen LogP contribution in [0.25, 0.3) is 0 Å². The second-order valence-electron chi connectivity index (χ2n) is 5.39. The maximum Gasteiger partial charge on any atom is 0.224 e. The number of nitrogens with zero attached hydrogens (tertiary/aromatic N) is 1. The number of carbonyl (C=O) groups excluding carboxylic acids is 1. The van der Waals surface area contributed by atoms with E-state index < -0.39 is 0 Å². The highest BCUT2D eigenvalue weighted by molar-refractivity contribution is 6.31. The molecular weight excluding hydrogens is 260 g/mol. The van der Waals surface area contributed by atoms with Crippen LogP contribution in [0.2, 0.25) is 5.02 Å². The number of hydrogen-bond acceptors (Lipinski definition) is 2. The Hall–Kier alpha value is -1.22. The van der Waals surface area contributed by atoms with Crippen LogP contribution in [0.15, 0.2) is 18.2 Å². The van der Waals surface area contributed by atoms with Gasteiger partial charge in [0, 0.05) is 25.5 Å². The molecule has 0 saturated carbocycles. The third-order valence-corrected chi connectivity index (χ3v) is 3.13. The molecule has 0 aliphatic heterocycles. The van der Waals surface area contributed by atoms with Gasteiger partial charge in [0.2, 0.25) is 5.91 Å². The van der Waals surface area contributed by atoms with Gasteiger partial charge in [0.25, 0.3) is 0 Å². The van der Waals surface area contributed by atoms with E-state index in [0.29, 0.717) is 17.4 Å². The zero-order chi connectivity index (χ0) is 14.4. The van der Waals surface area contributed by atoms with Gasteiger partial charge in [0.05, 0.1) is 11.4 Å². The van der Waals surface area contributed by atoms with E-state index in [1.165, 1.54) is 0 Å². The minimum absolute atomic E-state index is 0.0472. The van der Waals surface area contributed by atoms with Gasteiger partial charge in [0.15, 0.2) is 0 Å². The Morgan fingerprint density at radius 3 is 2.63 bits per heavy atom. The number of anilines is 2. The Balaban J connectivity index is 2.65. The van der Waals surface area contributed by atoms with E-state index in [1.807, 2.05) is 31.1 Å². The molecule has 0 unspecified atom stereocenters. The Labute approximate surface area is 120 Å². The molecule has 19 heavy (non-hydrogen) atoms. The van der Waals surface area contributed by atoms with Crippen molar-refractivity contribution in [2.75, 3.05) is 24.3 Å². The van der Waals surface area contributed by atoms with Crippen LogP contribution in [0, 0.1) is 5.92 Å². The van der Waals surface area contributed by atoms with E-state index in [-0.39, 0.29) is 5.91 Å². The number of benzene rings is 1. The van der Waals surface area contributed by atoms with Crippen molar-refractivity contribution in [1.29, 1.82) is 0 Å². The summed E-state index contributed by atoms with van der Waals surface area (Å²) < 4.78 is 0. The van der Waals surface area contributed by atoms with Gasteiger partial charge in [0.1, 0.15) is 0 Å². The summed E-state index contributed by atoms with van der Waals surface area (Å²) in [6.45, 7) is 4.33. The number of halogens is 1. The average molecular weight is 283 g/mol. The molecule has 4 heteroatoms. The maximum absolute atomic E-state index is 11.9. The molecule has 0 saturated heterocycles. The van der Waals surface area contributed by atoms with Crippen LogP contribution in [0.5, 0.6) is 0 Å². The molecule has 0 aliphatic carbocycles. The first kappa shape index (κ1) is 15.8. The first-order chi connectivity index (χ1) is 8.90. The molecule has 0 radical (unpaired) electrons. The summed E-state index contributed by atoms with van der Waals surface area (Å²) in [5, 5.41) is 3.57. The van der Waals surface area contributed by atoms with Crippen LogP contribution >= 0.6 is 11.6 Å². The number of hydrogen-bond donors (Lipinski definition) is 1. The minimum atomic E-state index is 0.0472. The Morgan fingerprint density at radius 1 is 1.37 bits per heavy atom. The molecule has 1 aromatic rings. The van der Waals surface area contributed by atoms with E-state index in [2.05, 4.69) is 19.2 Å². The van der Waals surface area contributed by atoms with E-state index in [0.717, 1.165) is 24.2 Å². The van der Waals surface area contributed by atoms with Crippen molar-refractivity contribution in [3.63, 3.8) is 0 Å². The van der Waals surface area contributed by atoms with Gasteiger partial charge in [-0.2, -0.15) is 0 Å². The lowest BCUT2D eigenvalue weighted by Gasteiger charge is -2.18. The molecule has 1 rings (SSSR count). The molecule has 0 spiro atoms. The van der Waals surface area contributed by atoms with Gasteiger partial charge in [-0.05, 0) is 30.5 Å². The summed E-state index contributed by atoms with van der Waals surface area (Å²) >= 11 is 5.98. The summed E-state index contributed by atoms with van der Waals surface area (Å²) in [6, 6.07) is 5.52. The van der Waals surface area contributed by atoms with Crippen molar-refractivity contribution in [3.8, 4) is 0 Å². The largest absolute Gasteiger partial charge is 0.376 e. The van der Waals surface area contributed by atoms with Crippen LogP contribution in [0.3, 0.4) is 0 Å². The number of amides is 1. The average Bonchev–Trinajstić information content (AvgIpc) is 2.27. The van der Waals surface area contributed by atoms with Gasteiger partial charge in [-0.3, -0.25) is 4.79 Å². The predicted molar refractivity (Wildman–Crippen MR) is 83.1 cm³/mol. The second kappa shape index (κ2) is 7.39. The Morgan fingerprint density at radius 2 is 2.05 bits per heavy atom. The van der Waals surface area contributed by atoms with Gasteiger partial charge in [-0.25, -0.2) is 0 Å². The molecule has 106 valence electrons. The van der Waals surface area contributed by atoms with Crippen LogP contribution in [0.4, 0.5) is 11.4 Å². The van der Waals surface area contributed by atoms with Crippen LogP contribution in [-0.4, -0.2) is 20.0 Å². The normalized spacial score (nSPS) is 10.6. The molecule has 0 fully saturated rings. The van der Waals surface area contributed by atoms with Crippen molar-refractivity contribution in [2.45, 2.75) is 33.1 Å². The van der Waals surface area contributed by atoms with Crippen LogP contribution < -0.4 is 10.2 Å². The molecule has 0 aliphatic rings. The van der Waals surface area contributed by atoms with E-state index in [9.17, 15) is 4.79 Å². The van der Waals surface area contributed by atoms with Crippen LogP contribution in [-0.2, 0) is 4.79 Å². The summed E-state index contributed by atoms with van der Waals surface area (Å²) in [5.74, 6) is 0.683. The topological polar surface area (TPSA) is 32.3 Å². The molecule has 1 aromatic carbocycles. The maximum atomic E-state index is 11.9. The molecule has 0 aromatic heterocycles. The first-order valence-corrected chi connectivity index (χ1v) is 7.04.